The normalized spacial score (nSPS) is 10.7. The molecule has 29 heavy (non-hydrogen) atoms. The zero-order valence-electron chi connectivity index (χ0n) is 16.0. The Labute approximate surface area is 169 Å². The quantitative estimate of drug-likeness (QED) is 0.543. The van der Waals surface area contributed by atoms with Crippen LogP contribution in [0.5, 0.6) is 17.2 Å². The zero-order valence-corrected chi connectivity index (χ0v) is 16.0. The maximum Gasteiger partial charge on any atom is 0.167 e. The van der Waals surface area contributed by atoms with Crippen LogP contribution in [-0.2, 0) is 0 Å². The van der Waals surface area contributed by atoms with Gasteiger partial charge in [0.1, 0.15) is 17.2 Å². The van der Waals surface area contributed by atoms with Crippen LogP contribution in [0.4, 0.5) is 0 Å². The molecule has 0 aliphatic heterocycles. The van der Waals surface area contributed by atoms with E-state index in [0.29, 0.717) is 5.75 Å². The van der Waals surface area contributed by atoms with Gasteiger partial charge in [0.05, 0.1) is 18.2 Å². The number of para-hydroxylation sites is 2. The van der Waals surface area contributed by atoms with E-state index in [1.807, 2.05) is 12.1 Å². The fourth-order valence-corrected chi connectivity index (χ4v) is 3.27. The van der Waals surface area contributed by atoms with Gasteiger partial charge in [-0.3, -0.25) is 9.59 Å². The Hall–Kier alpha value is -3.60. The highest BCUT2D eigenvalue weighted by Gasteiger charge is 2.23. The summed E-state index contributed by atoms with van der Waals surface area (Å²) in [4.78, 5) is 25.6. The number of aromatic hydroxyl groups is 2. The molecule has 148 valence electrons. The van der Waals surface area contributed by atoms with Gasteiger partial charge < -0.3 is 14.9 Å². The molecule has 3 rings (SSSR count). The van der Waals surface area contributed by atoms with Gasteiger partial charge in [-0.15, -0.1) is 0 Å². The number of hydrogen-bond donors (Lipinski definition) is 2. The number of rotatable bonds is 8. The standard InChI is InChI=1S/C24H22O5/c1-29-18-12-10-16(11-13-18)17(14-23(27)19-6-2-4-8-21(19)25)15-24(28)20-7-3-5-9-22(20)26/h2-13,17,25-26H,14-15H2,1H3. The third-order valence-corrected chi connectivity index (χ3v) is 4.86. The van der Waals surface area contributed by atoms with Crippen molar-refractivity contribution in [3.63, 3.8) is 0 Å². The van der Waals surface area contributed by atoms with Crippen molar-refractivity contribution in [1.82, 2.24) is 0 Å². The van der Waals surface area contributed by atoms with Crippen LogP contribution in [0.3, 0.4) is 0 Å². The van der Waals surface area contributed by atoms with Gasteiger partial charge >= 0.3 is 0 Å². The van der Waals surface area contributed by atoms with Crippen LogP contribution >= 0.6 is 0 Å². The van der Waals surface area contributed by atoms with Gasteiger partial charge in [0.2, 0.25) is 0 Å². The number of methoxy groups -OCH3 is 1. The summed E-state index contributed by atoms with van der Waals surface area (Å²) in [6.45, 7) is 0. The van der Waals surface area contributed by atoms with E-state index in [0.717, 1.165) is 5.56 Å². The summed E-state index contributed by atoms with van der Waals surface area (Å²) in [6.07, 6.45) is 0.0898. The van der Waals surface area contributed by atoms with Gasteiger partial charge in [-0.05, 0) is 47.9 Å². The van der Waals surface area contributed by atoms with Crippen molar-refractivity contribution >= 4 is 11.6 Å². The molecule has 3 aromatic carbocycles. The molecule has 0 amide bonds. The first kappa shape index (κ1) is 20.1. The monoisotopic (exact) mass is 390 g/mol. The predicted molar refractivity (Wildman–Crippen MR) is 110 cm³/mol. The summed E-state index contributed by atoms with van der Waals surface area (Å²) in [7, 11) is 1.57. The van der Waals surface area contributed by atoms with Crippen LogP contribution in [0.1, 0.15) is 45.0 Å². The second-order valence-corrected chi connectivity index (χ2v) is 6.76. The third-order valence-electron chi connectivity index (χ3n) is 4.86. The second kappa shape index (κ2) is 9.06. The molecule has 0 aromatic heterocycles. The summed E-state index contributed by atoms with van der Waals surface area (Å²) in [6, 6.07) is 19.9. The molecule has 5 nitrogen and oxygen atoms in total. The van der Waals surface area contributed by atoms with Gasteiger partial charge in [0, 0.05) is 12.8 Å². The molecule has 0 spiro atoms. The van der Waals surface area contributed by atoms with Gasteiger partial charge in [-0.1, -0.05) is 36.4 Å². The Bertz CT molecular complexity index is 948. The smallest absolute Gasteiger partial charge is 0.167 e. The van der Waals surface area contributed by atoms with Crippen LogP contribution in [-0.4, -0.2) is 28.9 Å². The Morgan fingerprint density at radius 1 is 0.759 bits per heavy atom. The average Bonchev–Trinajstić information content (AvgIpc) is 2.73. The van der Waals surface area contributed by atoms with Crippen LogP contribution in [0.15, 0.2) is 72.8 Å². The predicted octanol–water partition coefficient (Wildman–Crippen LogP) is 4.74. The lowest BCUT2D eigenvalue weighted by Gasteiger charge is -2.17. The number of carbonyl (C=O) groups is 2. The number of ether oxygens (including phenoxy) is 1. The van der Waals surface area contributed by atoms with Gasteiger partial charge in [0.25, 0.3) is 0 Å². The molecular weight excluding hydrogens is 368 g/mol. The summed E-state index contributed by atoms with van der Waals surface area (Å²) in [5.41, 5.74) is 1.25. The molecule has 0 saturated heterocycles. The first-order chi connectivity index (χ1) is 14.0. The van der Waals surface area contributed by atoms with Crippen molar-refractivity contribution in [3.8, 4) is 17.2 Å². The molecular formula is C24H22O5. The van der Waals surface area contributed by atoms with Crippen molar-refractivity contribution in [1.29, 1.82) is 0 Å². The van der Waals surface area contributed by atoms with Crippen molar-refractivity contribution in [2.24, 2.45) is 0 Å². The summed E-state index contributed by atoms with van der Waals surface area (Å²) in [5, 5.41) is 20.0. The van der Waals surface area contributed by atoms with E-state index in [4.69, 9.17) is 4.74 Å². The Kier molecular flexibility index (Phi) is 6.29. The lowest BCUT2D eigenvalue weighted by molar-refractivity contribution is 0.0942. The highest BCUT2D eigenvalue weighted by molar-refractivity contribution is 6.01. The van der Waals surface area contributed by atoms with Gasteiger partial charge in [0.15, 0.2) is 11.6 Å². The number of phenols is 2. The number of ketones is 2. The maximum absolute atomic E-state index is 12.8. The molecule has 0 fully saturated rings. The fraction of sp³-hybridized carbons (Fsp3) is 0.167. The number of hydrogen-bond acceptors (Lipinski definition) is 5. The summed E-state index contributed by atoms with van der Waals surface area (Å²) >= 11 is 0. The van der Waals surface area contributed by atoms with E-state index >= 15 is 0 Å². The largest absolute Gasteiger partial charge is 0.507 e. The minimum atomic E-state index is -0.417. The van der Waals surface area contributed by atoms with Crippen molar-refractivity contribution in [2.45, 2.75) is 18.8 Å². The van der Waals surface area contributed by atoms with E-state index in [9.17, 15) is 19.8 Å². The van der Waals surface area contributed by atoms with Crippen LogP contribution in [0.2, 0.25) is 0 Å². The van der Waals surface area contributed by atoms with E-state index < -0.39 is 5.92 Å². The second-order valence-electron chi connectivity index (χ2n) is 6.76. The molecule has 0 radical (unpaired) electrons. The molecule has 0 aliphatic carbocycles. The topological polar surface area (TPSA) is 83.8 Å². The number of phenolic OH excluding ortho intramolecular Hbond substituents is 2. The molecule has 2 N–H and O–H groups in total. The minimum Gasteiger partial charge on any atom is -0.507 e. The van der Waals surface area contributed by atoms with Crippen molar-refractivity contribution in [2.75, 3.05) is 7.11 Å². The SMILES string of the molecule is COc1ccc(C(CC(=O)c2ccccc2O)CC(=O)c2ccccc2O)cc1. The molecule has 0 heterocycles. The minimum absolute atomic E-state index is 0.0449. The van der Waals surface area contributed by atoms with Crippen LogP contribution in [0, 0.1) is 0 Å². The molecule has 0 unspecified atom stereocenters. The lowest BCUT2D eigenvalue weighted by Crippen LogP contribution is -2.13. The highest BCUT2D eigenvalue weighted by atomic mass is 16.5. The average molecular weight is 390 g/mol. The summed E-state index contributed by atoms with van der Waals surface area (Å²) in [5.74, 6) is -0.425. The first-order valence-electron chi connectivity index (χ1n) is 9.26. The van der Waals surface area contributed by atoms with E-state index in [1.54, 1.807) is 55.6 Å². The Morgan fingerprint density at radius 2 is 1.21 bits per heavy atom. The third kappa shape index (κ3) is 4.82. The van der Waals surface area contributed by atoms with E-state index in [-0.39, 0.29) is 47.0 Å². The zero-order chi connectivity index (χ0) is 20.8. The molecule has 0 atom stereocenters. The maximum atomic E-state index is 12.8. The van der Waals surface area contributed by atoms with E-state index in [2.05, 4.69) is 0 Å². The Balaban J connectivity index is 1.89. The van der Waals surface area contributed by atoms with Gasteiger partial charge in [-0.2, -0.15) is 0 Å². The number of Topliss-reactive ketones (excluding diaryl/α,β-unsaturated/α-hetero) is 2. The number of carbonyl (C=O) groups excluding carboxylic acids is 2. The number of benzene rings is 3. The molecule has 3 aromatic rings. The van der Waals surface area contributed by atoms with Crippen molar-refractivity contribution in [3.05, 3.63) is 89.5 Å². The lowest BCUT2D eigenvalue weighted by atomic mass is 9.86. The molecule has 0 saturated carbocycles. The van der Waals surface area contributed by atoms with Crippen LogP contribution < -0.4 is 4.74 Å². The molecule has 5 heteroatoms. The van der Waals surface area contributed by atoms with E-state index in [1.165, 1.54) is 12.1 Å². The first-order valence-corrected chi connectivity index (χ1v) is 9.26. The Morgan fingerprint density at radius 3 is 1.62 bits per heavy atom. The van der Waals surface area contributed by atoms with Crippen LogP contribution in [0.25, 0.3) is 0 Å². The molecule has 0 bridgehead atoms. The van der Waals surface area contributed by atoms with Gasteiger partial charge in [-0.25, -0.2) is 0 Å². The fourth-order valence-electron chi connectivity index (χ4n) is 3.27. The summed E-state index contributed by atoms with van der Waals surface area (Å²) < 4.78 is 5.18. The van der Waals surface area contributed by atoms with Crippen molar-refractivity contribution < 1.29 is 24.5 Å². The molecule has 0 aliphatic rings. The highest BCUT2D eigenvalue weighted by Crippen LogP contribution is 2.31.